The van der Waals surface area contributed by atoms with Crippen molar-refractivity contribution < 1.29 is 14.3 Å². The first kappa shape index (κ1) is 13.1. The van der Waals surface area contributed by atoms with Crippen molar-refractivity contribution in [3.05, 3.63) is 0 Å². The molecule has 0 rings (SSSR count). The molecule has 0 saturated carbocycles. The van der Waals surface area contributed by atoms with Gasteiger partial charge in [-0.1, -0.05) is 0 Å². The van der Waals surface area contributed by atoms with Gasteiger partial charge < -0.3 is 4.74 Å². The molecule has 0 saturated heterocycles. The third-order valence-electron chi connectivity index (χ3n) is 0.625. The maximum absolute atomic E-state index is 10.3. The number of carbonyl (C=O) groups excluding carboxylic acids is 2. The number of ether oxygens (including phenoxy) is 1. The van der Waals surface area contributed by atoms with E-state index in [2.05, 4.69) is 17.4 Å². The SMILES string of the molecule is CC(=O)OC(S)C(C)=O.[NaH]. The molecule has 0 aliphatic carbocycles. The van der Waals surface area contributed by atoms with Crippen molar-refractivity contribution in [1.82, 2.24) is 0 Å². The van der Waals surface area contributed by atoms with Gasteiger partial charge in [0.25, 0.3) is 0 Å². The number of hydrogen-bond donors (Lipinski definition) is 1. The van der Waals surface area contributed by atoms with Crippen molar-refractivity contribution in [1.29, 1.82) is 0 Å². The monoisotopic (exact) mass is 172 g/mol. The van der Waals surface area contributed by atoms with Gasteiger partial charge >= 0.3 is 35.5 Å². The van der Waals surface area contributed by atoms with Gasteiger partial charge in [0.1, 0.15) is 0 Å². The Morgan fingerprint density at radius 2 is 1.80 bits per heavy atom. The van der Waals surface area contributed by atoms with E-state index in [1.165, 1.54) is 13.8 Å². The predicted molar refractivity (Wildman–Crippen MR) is 42.4 cm³/mol. The second-order valence-corrected chi connectivity index (χ2v) is 2.04. The van der Waals surface area contributed by atoms with Crippen LogP contribution in [0.3, 0.4) is 0 Å². The number of esters is 1. The summed E-state index contributed by atoms with van der Waals surface area (Å²) in [4.78, 5) is 20.5. The molecule has 0 bridgehead atoms. The van der Waals surface area contributed by atoms with E-state index < -0.39 is 11.4 Å². The van der Waals surface area contributed by atoms with Crippen LogP contribution < -0.4 is 0 Å². The maximum atomic E-state index is 10.3. The van der Waals surface area contributed by atoms with E-state index >= 15 is 0 Å². The number of ketones is 1. The fourth-order valence-corrected chi connectivity index (χ4v) is 0.389. The van der Waals surface area contributed by atoms with Crippen LogP contribution in [0.25, 0.3) is 0 Å². The number of carbonyl (C=O) groups is 2. The average Bonchev–Trinajstić information content (AvgIpc) is 1.63. The first-order valence-corrected chi connectivity index (χ1v) is 2.91. The Labute approximate surface area is 87.2 Å². The minimum atomic E-state index is -0.900. The number of rotatable bonds is 2. The normalized spacial score (nSPS) is 11.1. The van der Waals surface area contributed by atoms with Crippen molar-refractivity contribution in [2.24, 2.45) is 0 Å². The zero-order valence-electron chi connectivity index (χ0n) is 5.25. The Morgan fingerprint density at radius 1 is 1.40 bits per heavy atom. The van der Waals surface area contributed by atoms with Crippen LogP contribution in [-0.4, -0.2) is 46.7 Å². The second-order valence-electron chi connectivity index (χ2n) is 1.57. The molecular weight excluding hydrogens is 163 g/mol. The van der Waals surface area contributed by atoms with Gasteiger partial charge in [0, 0.05) is 6.92 Å². The summed E-state index contributed by atoms with van der Waals surface area (Å²) >= 11 is 3.67. The Balaban J connectivity index is 0. The second kappa shape index (κ2) is 6.22. The van der Waals surface area contributed by atoms with Gasteiger partial charge in [-0.25, -0.2) is 0 Å². The fraction of sp³-hybridized carbons (Fsp3) is 0.600. The van der Waals surface area contributed by atoms with Crippen molar-refractivity contribution in [3.63, 3.8) is 0 Å². The van der Waals surface area contributed by atoms with Crippen molar-refractivity contribution in [3.8, 4) is 0 Å². The molecule has 0 heterocycles. The Morgan fingerprint density at radius 3 is 1.90 bits per heavy atom. The summed E-state index contributed by atoms with van der Waals surface area (Å²) in [6.45, 7) is 2.53. The van der Waals surface area contributed by atoms with E-state index in [4.69, 9.17) is 0 Å². The van der Waals surface area contributed by atoms with E-state index in [-0.39, 0.29) is 35.3 Å². The molecule has 0 aliphatic rings. The molecule has 0 fully saturated rings. The Hall–Kier alpha value is 0.490. The van der Waals surface area contributed by atoms with Crippen LogP contribution in [-0.2, 0) is 14.3 Å². The zero-order chi connectivity index (χ0) is 7.44. The Bertz CT molecular complexity index is 137. The molecule has 5 heteroatoms. The van der Waals surface area contributed by atoms with E-state index in [0.717, 1.165) is 0 Å². The van der Waals surface area contributed by atoms with Crippen LogP contribution in [0.15, 0.2) is 0 Å². The molecule has 0 aliphatic heterocycles. The summed E-state index contributed by atoms with van der Waals surface area (Å²) in [5.41, 5.74) is -0.900. The summed E-state index contributed by atoms with van der Waals surface area (Å²) in [5.74, 6) is -0.765. The molecule has 10 heavy (non-hydrogen) atoms. The molecule has 1 atom stereocenters. The number of thiol groups is 1. The third kappa shape index (κ3) is 6.61. The topological polar surface area (TPSA) is 43.4 Å². The molecule has 1 unspecified atom stereocenters. The number of hydrogen-bond acceptors (Lipinski definition) is 4. The minimum absolute atomic E-state index is 0. The van der Waals surface area contributed by atoms with Gasteiger partial charge in [-0.3, -0.25) is 9.59 Å². The van der Waals surface area contributed by atoms with Crippen LogP contribution in [0.5, 0.6) is 0 Å². The van der Waals surface area contributed by atoms with Gasteiger partial charge in [-0.15, -0.1) is 12.6 Å². The van der Waals surface area contributed by atoms with Crippen molar-refractivity contribution in [2.45, 2.75) is 19.3 Å². The Kier molecular flexibility index (Phi) is 8.15. The van der Waals surface area contributed by atoms with Gasteiger partial charge in [0.05, 0.1) is 0 Å². The fourth-order valence-electron chi connectivity index (χ4n) is 0.240. The first-order valence-electron chi connectivity index (χ1n) is 2.39. The van der Waals surface area contributed by atoms with E-state index in [9.17, 15) is 9.59 Å². The molecule has 0 aromatic carbocycles. The summed E-state index contributed by atoms with van der Waals surface area (Å²) in [6.07, 6.45) is 0. The molecule has 0 amide bonds. The number of Topliss-reactive ketones (excluding diaryl/α,β-unsaturated/α-hetero) is 1. The van der Waals surface area contributed by atoms with Gasteiger partial charge in [-0.2, -0.15) is 0 Å². The summed E-state index contributed by atoms with van der Waals surface area (Å²) in [5, 5.41) is 0. The molecule has 0 spiro atoms. The summed E-state index contributed by atoms with van der Waals surface area (Å²) < 4.78 is 4.39. The quantitative estimate of drug-likeness (QED) is 0.270. The molecule has 54 valence electrons. The molecule has 0 aromatic heterocycles. The molecular formula is C5H9NaO3S. The summed E-state index contributed by atoms with van der Waals surface area (Å²) in [7, 11) is 0. The van der Waals surface area contributed by atoms with Gasteiger partial charge in [-0.05, 0) is 6.92 Å². The van der Waals surface area contributed by atoms with E-state index in [0.29, 0.717) is 0 Å². The zero-order valence-corrected chi connectivity index (χ0v) is 6.14. The molecule has 0 radical (unpaired) electrons. The summed E-state index contributed by atoms with van der Waals surface area (Å²) in [6, 6.07) is 0. The predicted octanol–water partition coefficient (Wildman–Crippen LogP) is -0.254. The van der Waals surface area contributed by atoms with E-state index in [1.807, 2.05) is 0 Å². The van der Waals surface area contributed by atoms with Crippen LogP contribution in [0.4, 0.5) is 0 Å². The van der Waals surface area contributed by atoms with Gasteiger partial charge in [0.2, 0.25) is 5.44 Å². The van der Waals surface area contributed by atoms with Crippen molar-refractivity contribution >= 4 is 53.9 Å². The van der Waals surface area contributed by atoms with Crippen LogP contribution in [0.1, 0.15) is 13.8 Å². The molecule has 0 aromatic rings. The van der Waals surface area contributed by atoms with Crippen molar-refractivity contribution in [2.75, 3.05) is 0 Å². The van der Waals surface area contributed by atoms with Crippen LogP contribution in [0.2, 0.25) is 0 Å². The third-order valence-corrected chi connectivity index (χ3v) is 1.09. The average molecular weight is 172 g/mol. The first-order chi connectivity index (χ1) is 4.04. The standard InChI is InChI=1S/C5H8O3S.Na.H/c1-3(6)5(9)8-4(2)7;;/h5,9H,1-2H3;;. The molecule has 3 nitrogen and oxygen atoms in total. The van der Waals surface area contributed by atoms with Gasteiger partial charge in [0.15, 0.2) is 5.78 Å². The molecule has 0 N–H and O–H groups in total. The van der Waals surface area contributed by atoms with E-state index in [1.54, 1.807) is 0 Å². The van der Waals surface area contributed by atoms with Crippen LogP contribution in [0, 0.1) is 0 Å². The van der Waals surface area contributed by atoms with Crippen LogP contribution >= 0.6 is 12.6 Å².